The highest BCUT2D eigenvalue weighted by atomic mass is 19.1. The Morgan fingerprint density at radius 1 is 1.23 bits per heavy atom. The molecule has 6 heterocycles. The Labute approximate surface area is 272 Å². The van der Waals surface area contributed by atoms with Crippen molar-refractivity contribution >= 4 is 16.6 Å². The third kappa shape index (κ3) is 4.15. The van der Waals surface area contributed by atoms with Gasteiger partial charge in [0.2, 0.25) is 5.88 Å². The molecule has 244 valence electrons. The monoisotopic (exact) mass is 638 g/mol. The number of nitrogens with zero attached hydrogens (tertiary/aromatic N) is 6. The number of hydrogen-bond donors (Lipinski definition) is 2. The lowest BCUT2D eigenvalue weighted by Gasteiger charge is -2.55. The molecule has 0 amide bonds. The van der Waals surface area contributed by atoms with Crippen LogP contribution >= 0.6 is 0 Å². The summed E-state index contributed by atoms with van der Waals surface area (Å²) in [5, 5.41) is 24.2. The standard InChI is InChI=1S/C35H39FN8O3/c1-19(27-11-21(36)16-43(27)2)46-33-24-14-40-44(29-15-39-35(29)17-45-18-35)28(24)12-26(41-33)31-22-6-4-10-34(32(22)47-42-31)9-3-5-20-7-8-25(38)23(13-37)30(20)34/h7-8,12,14,19,21,27,29,39H,3-6,9-11,15-18,38H2,1-2H3. The zero-order chi connectivity index (χ0) is 32.1. The maximum atomic E-state index is 14.4. The van der Waals surface area contributed by atoms with Crippen LogP contribution in [0.5, 0.6) is 5.88 Å². The fourth-order valence-electron chi connectivity index (χ4n) is 9.18. The van der Waals surface area contributed by atoms with E-state index in [0.717, 1.165) is 78.4 Å². The van der Waals surface area contributed by atoms with E-state index >= 15 is 0 Å². The van der Waals surface area contributed by atoms with E-state index in [1.807, 2.05) is 31.1 Å². The summed E-state index contributed by atoms with van der Waals surface area (Å²) in [5.74, 6) is 1.28. The van der Waals surface area contributed by atoms with E-state index in [9.17, 15) is 9.65 Å². The number of hydrogen-bond acceptors (Lipinski definition) is 10. The summed E-state index contributed by atoms with van der Waals surface area (Å²) in [4.78, 5) is 7.12. The zero-order valence-corrected chi connectivity index (χ0v) is 26.8. The summed E-state index contributed by atoms with van der Waals surface area (Å²) in [5.41, 5.74) is 12.3. The van der Waals surface area contributed by atoms with E-state index in [1.165, 1.54) is 0 Å². The molecule has 9 rings (SSSR count). The third-order valence-corrected chi connectivity index (χ3v) is 11.7. The van der Waals surface area contributed by atoms with Crippen LogP contribution in [0.2, 0.25) is 0 Å². The summed E-state index contributed by atoms with van der Waals surface area (Å²) in [6, 6.07) is 8.45. The average molecular weight is 639 g/mol. The lowest BCUT2D eigenvalue weighted by molar-refractivity contribution is -0.139. The van der Waals surface area contributed by atoms with Gasteiger partial charge in [0.1, 0.15) is 24.0 Å². The number of nitrogens with two attached hydrogens (primary N) is 1. The number of fused-ring (bicyclic) bond motifs is 5. The molecule has 0 radical (unpaired) electrons. The Kier molecular flexibility index (Phi) is 6.49. The van der Waals surface area contributed by atoms with Gasteiger partial charge in [-0.2, -0.15) is 10.4 Å². The lowest BCUT2D eigenvalue weighted by atomic mass is 9.61. The van der Waals surface area contributed by atoms with Crippen LogP contribution in [0.1, 0.15) is 73.1 Å². The lowest BCUT2D eigenvalue weighted by Crippen LogP contribution is -2.75. The van der Waals surface area contributed by atoms with Gasteiger partial charge in [-0.1, -0.05) is 11.2 Å². The molecule has 2 aliphatic carbocycles. The summed E-state index contributed by atoms with van der Waals surface area (Å²) < 4.78 is 35.0. The van der Waals surface area contributed by atoms with E-state index in [2.05, 4.69) is 28.2 Å². The smallest absolute Gasteiger partial charge is 0.225 e. The highest BCUT2D eigenvalue weighted by Gasteiger charge is 2.54. The van der Waals surface area contributed by atoms with Crippen molar-refractivity contribution in [2.75, 3.05) is 39.1 Å². The highest BCUT2D eigenvalue weighted by Crippen LogP contribution is 2.53. The minimum absolute atomic E-state index is 0.0698. The van der Waals surface area contributed by atoms with Crippen molar-refractivity contribution in [2.24, 2.45) is 0 Å². The van der Waals surface area contributed by atoms with Crippen LogP contribution < -0.4 is 15.8 Å². The Morgan fingerprint density at radius 2 is 2.06 bits per heavy atom. The molecule has 3 saturated heterocycles. The number of likely N-dealkylation sites (N-methyl/N-ethyl adjacent to an activating group) is 1. The number of nitrogen functional groups attached to an aromatic ring is 1. The molecular weight excluding hydrogens is 599 g/mol. The van der Waals surface area contributed by atoms with Gasteiger partial charge in [-0.3, -0.25) is 9.58 Å². The first-order valence-electron chi connectivity index (χ1n) is 16.9. The molecular formula is C35H39FN8O3. The number of aromatic nitrogens is 4. The van der Waals surface area contributed by atoms with Gasteiger partial charge in [0.25, 0.3) is 0 Å². The molecule has 3 N–H and O–H groups in total. The second-order valence-electron chi connectivity index (χ2n) is 14.3. The first kappa shape index (κ1) is 29.1. The fraction of sp³-hybridized carbons (Fsp3) is 0.543. The molecule has 5 aliphatic rings. The molecule has 2 spiro atoms. The number of alkyl halides is 1. The van der Waals surface area contributed by atoms with Crippen molar-refractivity contribution < 1.29 is 18.4 Å². The van der Waals surface area contributed by atoms with Gasteiger partial charge < -0.3 is 25.0 Å². The van der Waals surface area contributed by atoms with E-state index in [0.29, 0.717) is 54.7 Å². The van der Waals surface area contributed by atoms with Gasteiger partial charge in [-0.05, 0) is 82.2 Å². The first-order valence-corrected chi connectivity index (χ1v) is 16.9. The Hall–Kier alpha value is -4.05. The van der Waals surface area contributed by atoms with E-state index < -0.39 is 11.6 Å². The maximum Gasteiger partial charge on any atom is 0.225 e. The number of likely N-dealkylation sites (tertiary alicyclic amines) is 1. The number of ether oxygens (including phenoxy) is 2. The topological polar surface area (TPSA) is 140 Å². The number of nitrogens with one attached hydrogen (secondary N) is 1. The van der Waals surface area contributed by atoms with Crippen molar-refractivity contribution in [1.29, 1.82) is 5.26 Å². The maximum absolute atomic E-state index is 14.4. The van der Waals surface area contributed by atoms with Crippen molar-refractivity contribution in [3.05, 3.63) is 52.4 Å². The second kappa shape index (κ2) is 10.5. The molecule has 12 heteroatoms. The molecule has 0 bridgehead atoms. The molecule has 3 fully saturated rings. The Balaban J connectivity index is 1.18. The number of benzene rings is 1. The number of anilines is 1. The highest BCUT2D eigenvalue weighted by molar-refractivity contribution is 5.87. The predicted molar refractivity (Wildman–Crippen MR) is 172 cm³/mol. The molecule has 3 aromatic heterocycles. The fourth-order valence-corrected chi connectivity index (χ4v) is 9.18. The molecule has 0 saturated carbocycles. The summed E-state index contributed by atoms with van der Waals surface area (Å²) in [6.07, 6.45) is 6.44. The van der Waals surface area contributed by atoms with E-state index in [-0.39, 0.29) is 23.7 Å². The normalized spacial score (nSPS) is 28.4. The van der Waals surface area contributed by atoms with Gasteiger partial charge in [0, 0.05) is 30.4 Å². The SMILES string of the molecule is CC(Oc1nc(-c2noc3c2CCCC32CCCc3ccc(N)c(C#N)c32)cc2c1cnn2C1CNC12COC2)C1CC(F)CN1C. The second-order valence-corrected chi connectivity index (χ2v) is 14.3. The quantitative estimate of drug-likeness (QED) is 0.305. The van der Waals surface area contributed by atoms with Gasteiger partial charge in [-0.15, -0.1) is 0 Å². The third-order valence-electron chi connectivity index (χ3n) is 11.7. The summed E-state index contributed by atoms with van der Waals surface area (Å²) in [7, 11) is 1.94. The molecule has 5 atom stereocenters. The molecule has 1 aromatic carbocycles. The van der Waals surface area contributed by atoms with E-state index in [4.69, 9.17) is 35.0 Å². The van der Waals surface area contributed by atoms with Gasteiger partial charge >= 0.3 is 0 Å². The average Bonchev–Trinajstić information content (AvgIpc) is 3.73. The van der Waals surface area contributed by atoms with Crippen molar-refractivity contribution in [3.8, 4) is 23.3 Å². The Morgan fingerprint density at radius 3 is 2.77 bits per heavy atom. The molecule has 11 nitrogen and oxygen atoms in total. The van der Waals surface area contributed by atoms with Gasteiger partial charge in [-0.25, -0.2) is 9.37 Å². The largest absolute Gasteiger partial charge is 0.472 e. The van der Waals surface area contributed by atoms with Crippen LogP contribution in [0, 0.1) is 11.3 Å². The summed E-state index contributed by atoms with van der Waals surface area (Å²) >= 11 is 0. The van der Waals surface area contributed by atoms with Crippen molar-refractivity contribution in [2.45, 2.75) is 87.2 Å². The van der Waals surface area contributed by atoms with Crippen LogP contribution in [-0.4, -0.2) is 82.0 Å². The number of pyridine rings is 1. The van der Waals surface area contributed by atoms with Gasteiger partial charge in [0.15, 0.2) is 5.76 Å². The predicted octanol–water partition coefficient (Wildman–Crippen LogP) is 4.22. The molecule has 3 aliphatic heterocycles. The van der Waals surface area contributed by atoms with Crippen LogP contribution in [0.15, 0.2) is 28.9 Å². The number of nitriles is 1. The van der Waals surface area contributed by atoms with Crippen LogP contribution in [0.25, 0.3) is 22.3 Å². The minimum atomic E-state index is -0.874. The van der Waals surface area contributed by atoms with Crippen molar-refractivity contribution in [3.63, 3.8) is 0 Å². The molecule has 4 aromatic rings. The van der Waals surface area contributed by atoms with Gasteiger partial charge in [0.05, 0.1) is 58.6 Å². The number of rotatable bonds is 5. The van der Waals surface area contributed by atoms with Crippen LogP contribution in [-0.2, 0) is 23.0 Å². The summed E-state index contributed by atoms with van der Waals surface area (Å²) in [6.45, 7) is 4.46. The Bertz CT molecular complexity index is 1940. The number of aryl methyl sites for hydroxylation is 1. The van der Waals surface area contributed by atoms with Crippen LogP contribution in [0.4, 0.5) is 10.1 Å². The number of halogens is 1. The minimum Gasteiger partial charge on any atom is -0.472 e. The van der Waals surface area contributed by atoms with Crippen LogP contribution in [0.3, 0.4) is 0 Å². The van der Waals surface area contributed by atoms with Crippen molar-refractivity contribution in [1.82, 2.24) is 30.1 Å². The molecule has 47 heavy (non-hydrogen) atoms. The first-order chi connectivity index (χ1) is 22.8. The molecule has 5 unspecified atom stereocenters. The zero-order valence-electron chi connectivity index (χ0n) is 26.8. The van der Waals surface area contributed by atoms with E-state index in [1.54, 1.807) is 0 Å².